The number of carbonyl (C=O) groups excluding carboxylic acids is 1. The maximum atomic E-state index is 13.5. The first kappa shape index (κ1) is 29.8. The maximum absolute atomic E-state index is 13.5. The molecule has 3 aromatic rings. The first-order valence-corrected chi connectivity index (χ1v) is 15.8. The zero-order valence-electron chi connectivity index (χ0n) is 24.8. The van der Waals surface area contributed by atoms with Crippen LogP contribution < -0.4 is 18.9 Å². The predicted octanol–water partition coefficient (Wildman–Crippen LogP) is 2.75. The van der Waals surface area contributed by atoms with Crippen LogP contribution in [0.25, 0.3) is 0 Å². The Labute approximate surface area is 267 Å². The van der Waals surface area contributed by atoms with Gasteiger partial charge in [-0.25, -0.2) is 0 Å². The second-order valence-electron chi connectivity index (χ2n) is 11.8. The van der Waals surface area contributed by atoms with Gasteiger partial charge in [-0.3, -0.25) is 4.79 Å². The molecule has 2 aromatic carbocycles. The van der Waals surface area contributed by atoms with Gasteiger partial charge in [0.05, 0.1) is 44.3 Å². The van der Waals surface area contributed by atoms with Gasteiger partial charge in [0.2, 0.25) is 12.5 Å². The quantitative estimate of drug-likeness (QED) is 0.333. The van der Waals surface area contributed by atoms with Crippen molar-refractivity contribution in [2.24, 2.45) is 11.8 Å². The van der Waals surface area contributed by atoms with Crippen molar-refractivity contribution < 1.29 is 62.7 Å². The molecule has 1 aliphatic carbocycles. The highest BCUT2D eigenvalue weighted by Crippen LogP contribution is 2.57. The predicted molar refractivity (Wildman–Crippen MR) is 156 cm³/mol. The largest absolute Gasteiger partial charge is 0.502 e. The Balaban J connectivity index is 1.16. The Kier molecular flexibility index (Phi) is 7.48. The summed E-state index contributed by atoms with van der Waals surface area (Å²) in [5.41, 5.74) is 2.00. The minimum absolute atomic E-state index is 0.0242. The first-order valence-electron chi connectivity index (χ1n) is 14.9. The lowest BCUT2D eigenvalue weighted by Crippen LogP contribution is -2.62. The molecular formula is C32H32O13S. The molecule has 14 heteroatoms. The lowest BCUT2D eigenvalue weighted by atomic mass is 9.66. The van der Waals surface area contributed by atoms with E-state index in [9.17, 15) is 20.1 Å². The van der Waals surface area contributed by atoms with Crippen LogP contribution in [-0.4, -0.2) is 86.2 Å². The van der Waals surface area contributed by atoms with Crippen molar-refractivity contribution in [2.75, 3.05) is 34.2 Å². The van der Waals surface area contributed by atoms with Crippen LogP contribution in [0.3, 0.4) is 0 Å². The minimum Gasteiger partial charge on any atom is -0.502 e. The van der Waals surface area contributed by atoms with Crippen LogP contribution in [0.2, 0.25) is 0 Å². The lowest BCUT2D eigenvalue weighted by molar-refractivity contribution is -0.368. The molecule has 0 spiro atoms. The van der Waals surface area contributed by atoms with E-state index < -0.39 is 66.8 Å². The van der Waals surface area contributed by atoms with Crippen LogP contribution in [0.5, 0.6) is 28.7 Å². The van der Waals surface area contributed by atoms with Crippen LogP contribution in [-0.2, 0) is 28.5 Å². The van der Waals surface area contributed by atoms with Crippen LogP contribution >= 0.6 is 11.3 Å². The number of hydrogen-bond donors (Lipinski definition) is 3. The molecule has 0 amide bonds. The number of aliphatic hydroxyl groups excluding tert-OH is 2. The van der Waals surface area contributed by atoms with Gasteiger partial charge in [-0.1, -0.05) is 6.07 Å². The van der Waals surface area contributed by atoms with Gasteiger partial charge in [0.25, 0.3) is 0 Å². The average Bonchev–Trinajstić information content (AvgIpc) is 3.85. The Bertz CT molecular complexity index is 1600. The molecule has 5 heterocycles. The van der Waals surface area contributed by atoms with Crippen LogP contribution in [0.1, 0.15) is 39.9 Å². The summed E-state index contributed by atoms with van der Waals surface area (Å²) in [7, 11) is 2.86. The third-order valence-electron chi connectivity index (χ3n) is 9.37. The Morgan fingerprint density at radius 2 is 1.65 bits per heavy atom. The smallest absolute Gasteiger partial charge is 0.310 e. The van der Waals surface area contributed by atoms with Crippen molar-refractivity contribution >= 4 is 17.3 Å². The Morgan fingerprint density at radius 1 is 0.913 bits per heavy atom. The highest BCUT2D eigenvalue weighted by atomic mass is 32.1. The number of ether oxygens (including phenoxy) is 9. The third kappa shape index (κ3) is 4.70. The molecule has 244 valence electrons. The van der Waals surface area contributed by atoms with Crippen molar-refractivity contribution in [2.45, 2.75) is 49.0 Å². The molecule has 46 heavy (non-hydrogen) atoms. The molecule has 5 aliphatic rings. The summed E-state index contributed by atoms with van der Waals surface area (Å²) in [5.74, 6) is -1.08. The minimum atomic E-state index is -1.47. The van der Waals surface area contributed by atoms with Gasteiger partial charge < -0.3 is 58.0 Å². The van der Waals surface area contributed by atoms with E-state index in [1.165, 1.54) is 25.6 Å². The fraction of sp³-hybridized carbons (Fsp3) is 0.469. The summed E-state index contributed by atoms with van der Waals surface area (Å²) < 4.78 is 52.6. The number of thiophene rings is 1. The summed E-state index contributed by atoms with van der Waals surface area (Å²) in [4.78, 5) is 14.3. The van der Waals surface area contributed by atoms with E-state index in [1.807, 2.05) is 23.6 Å². The SMILES string of the molecule is COc1cc([C@@H]2c3cc4c(cc3[C@@H](OC3OC5CO[C@@H](c6cccs6)OC5C(O)C3O)[C@H]3COC(=O)C23)OCO4)cc(OC)c1O. The summed E-state index contributed by atoms with van der Waals surface area (Å²) >= 11 is 1.46. The molecule has 0 bridgehead atoms. The lowest BCUT2D eigenvalue weighted by Gasteiger charge is -2.48. The molecule has 6 unspecified atom stereocenters. The summed E-state index contributed by atoms with van der Waals surface area (Å²) in [5, 5.41) is 35.0. The zero-order chi connectivity index (χ0) is 31.7. The zero-order valence-corrected chi connectivity index (χ0v) is 25.6. The number of fused-ring (bicyclic) bond motifs is 4. The number of phenolic OH excluding ortho intramolecular Hbond substituents is 1. The van der Waals surface area contributed by atoms with Crippen LogP contribution in [0.4, 0.5) is 0 Å². The molecule has 8 rings (SSSR count). The number of hydrogen-bond acceptors (Lipinski definition) is 14. The summed E-state index contributed by atoms with van der Waals surface area (Å²) in [6, 6.07) is 10.7. The third-order valence-corrected chi connectivity index (χ3v) is 10.3. The Hall–Kier alpha value is -3.63. The topological polar surface area (TPSA) is 161 Å². The summed E-state index contributed by atoms with van der Waals surface area (Å²) in [6.07, 6.45) is -7.16. The monoisotopic (exact) mass is 656 g/mol. The normalized spacial score (nSPS) is 34.3. The molecule has 4 aliphatic heterocycles. The molecule has 10 atom stereocenters. The number of cyclic esters (lactones) is 1. The number of aliphatic hydroxyl groups is 2. The molecule has 0 radical (unpaired) electrons. The number of benzene rings is 2. The molecule has 3 N–H and O–H groups in total. The number of aromatic hydroxyl groups is 1. The van der Waals surface area contributed by atoms with Gasteiger partial charge in [-0.05, 0) is 52.4 Å². The van der Waals surface area contributed by atoms with E-state index in [0.717, 1.165) is 4.88 Å². The van der Waals surface area contributed by atoms with Gasteiger partial charge in [-0.15, -0.1) is 11.3 Å². The van der Waals surface area contributed by atoms with E-state index in [-0.39, 0.29) is 37.3 Å². The second kappa shape index (κ2) is 11.6. The number of carbonyl (C=O) groups is 1. The number of methoxy groups -OCH3 is 2. The van der Waals surface area contributed by atoms with Crippen LogP contribution in [0.15, 0.2) is 41.8 Å². The fourth-order valence-electron chi connectivity index (χ4n) is 7.18. The van der Waals surface area contributed by atoms with Crippen molar-refractivity contribution in [3.8, 4) is 28.7 Å². The van der Waals surface area contributed by atoms with E-state index in [2.05, 4.69) is 0 Å². The molecule has 0 saturated carbocycles. The van der Waals surface area contributed by atoms with Gasteiger partial charge >= 0.3 is 5.97 Å². The number of esters is 1. The van der Waals surface area contributed by atoms with Crippen molar-refractivity contribution in [1.29, 1.82) is 0 Å². The van der Waals surface area contributed by atoms with Gasteiger partial charge in [0.15, 0.2) is 35.6 Å². The molecule has 3 fully saturated rings. The summed E-state index contributed by atoms with van der Waals surface area (Å²) in [6.45, 7) is 0.171. The molecule has 3 saturated heterocycles. The molecule has 13 nitrogen and oxygen atoms in total. The average molecular weight is 657 g/mol. The molecule has 1 aromatic heterocycles. The fourth-order valence-corrected chi connectivity index (χ4v) is 7.89. The number of rotatable bonds is 6. The second-order valence-corrected chi connectivity index (χ2v) is 12.7. The van der Waals surface area contributed by atoms with E-state index in [1.54, 1.807) is 18.2 Å². The van der Waals surface area contributed by atoms with Crippen molar-refractivity contribution in [3.63, 3.8) is 0 Å². The maximum Gasteiger partial charge on any atom is 0.310 e. The highest BCUT2D eigenvalue weighted by Gasteiger charge is 2.56. The molecular weight excluding hydrogens is 624 g/mol. The first-order chi connectivity index (χ1) is 22.4. The van der Waals surface area contributed by atoms with E-state index in [0.29, 0.717) is 28.2 Å². The highest BCUT2D eigenvalue weighted by molar-refractivity contribution is 7.10. The standard InChI is InChI=1S/C32H32O13S/c1-37-19-6-13(7-20(38-2)25(19)33)23-14-8-17-18(42-12-41-17)9-15(14)28(16-10-39-30(36)24(16)23)44-32-27(35)26(34)29-21(43-32)11-40-31(45-29)22-4-3-5-46-22/h3-9,16,21,23-24,26-29,31-35H,10-12H2,1-2H3/t16-,21?,23+,24?,26?,27?,28+,29?,31+,32?/m0/s1. The van der Waals surface area contributed by atoms with Crippen molar-refractivity contribution in [3.05, 3.63) is 63.3 Å². The van der Waals surface area contributed by atoms with Gasteiger partial charge in [0.1, 0.15) is 24.4 Å². The van der Waals surface area contributed by atoms with Crippen LogP contribution in [0, 0.1) is 11.8 Å². The Morgan fingerprint density at radius 3 is 2.35 bits per heavy atom. The van der Waals surface area contributed by atoms with E-state index >= 15 is 0 Å². The van der Waals surface area contributed by atoms with Gasteiger partial charge in [0, 0.05) is 11.8 Å². The van der Waals surface area contributed by atoms with Crippen molar-refractivity contribution in [1.82, 2.24) is 0 Å². The number of phenols is 1. The van der Waals surface area contributed by atoms with E-state index in [4.69, 9.17) is 42.6 Å². The van der Waals surface area contributed by atoms with Gasteiger partial charge in [-0.2, -0.15) is 0 Å².